The SMILES string of the molecule is COc1ccc(C=CC(=O)NN)cc1OCc1ccccc1. The molecule has 0 heterocycles. The fraction of sp³-hybridized carbons (Fsp3) is 0.118. The van der Waals surface area contributed by atoms with E-state index in [0.717, 1.165) is 11.1 Å². The van der Waals surface area contributed by atoms with Gasteiger partial charge >= 0.3 is 0 Å². The quantitative estimate of drug-likeness (QED) is 0.371. The summed E-state index contributed by atoms with van der Waals surface area (Å²) in [5.41, 5.74) is 3.91. The van der Waals surface area contributed by atoms with Gasteiger partial charge in [-0.05, 0) is 29.3 Å². The van der Waals surface area contributed by atoms with Crippen LogP contribution in [0, 0.1) is 0 Å². The molecule has 22 heavy (non-hydrogen) atoms. The van der Waals surface area contributed by atoms with Crippen molar-refractivity contribution in [1.82, 2.24) is 5.43 Å². The standard InChI is InChI=1S/C17H18N2O3/c1-21-15-9-7-13(8-10-17(20)19-18)11-16(15)22-12-14-5-3-2-4-6-14/h2-11H,12,18H2,1H3,(H,19,20). The smallest absolute Gasteiger partial charge is 0.257 e. The number of ether oxygens (including phenoxy) is 2. The van der Waals surface area contributed by atoms with Crippen molar-refractivity contribution in [3.05, 3.63) is 65.7 Å². The summed E-state index contributed by atoms with van der Waals surface area (Å²) >= 11 is 0. The molecule has 3 N–H and O–H groups in total. The van der Waals surface area contributed by atoms with Gasteiger partial charge in [-0.3, -0.25) is 10.2 Å². The summed E-state index contributed by atoms with van der Waals surface area (Å²) < 4.78 is 11.1. The molecule has 2 aromatic carbocycles. The van der Waals surface area contributed by atoms with Crippen molar-refractivity contribution in [1.29, 1.82) is 0 Å². The Morgan fingerprint density at radius 3 is 2.64 bits per heavy atom. The number of nitrogens with two attached hydrogens (primary N) is 1. The summed E-state index contributed by atoms with van der Waals surface area (Å²) in [6.45, 7) is 0.438. The molecule has 2 aromatic rings. The fourth-order valence-corrected chi connectivity index (χ4v) is 1.87. The summed E-state index contributed by atoms with van der Waals surface area (Å²) in [6, 6.07) is 15.3. The molecule has 0 aliphatic rings. The van der Waals surface area contributed by atoms with Gasteiger partial charge in [0, 0.05) is 6.08 Å². The van der Waals surface area contributed by atoms with Crippen LogP contribution in [0.15, 0.2) is 54.6 Å². The number of carbonyl (C=O) groups excluding carboxylic acids is 1. The third kappa shape index (κ3) is 4.36. The number of rotatable bonds is 6. The van der Waals surface area contributed by atoms with Crippen molar-refractivity contribution in [3.8, 4) is 11.5 Å². The predicted molar refractivity (Wildman–Crippen MR) is 85.1 cm³/mol. The van der Waals surface area contributed by atoms with E-state index < -0.39 is 0 Å². The van der Waals surface area contributed by atoms with Crippen LogP contribution in [0.25, 0.3) is 6.08 Å². The lowest BCUT2D eigenvalue weighted by atomic mass is 10.2. The topological polar surface area (TPSA) is 73.6 Å². The third-order valence-electron chi connectivity index (χ3n) is 2.99. The van der Waals surface area contributed by atoms with E-state index in [9.17, 15) is 4.79 Å². The van der Waals surface area contributed by atoms with Gasteiger partial charge in [0.2, 0.25) is 0 Å². The van der Waals surface area contributed by atoms with E-state index in [1.807, 2.05) is 47.9 Å². The van der Waals surface area contributed by atoms with E-state index in [1.165, 1.54) is 6.08 Å². The molecule has 0 fully saturated rings. The number of hydrogen-bond acceptors (Lipinski definition) is 4. The molecule has 1 amide bonds. The van der Waals surface area contributed by atoms with Gasteiger partial charge in [0.25, 0.3) is 5.91 Å². The Morgan fingerprint density at radius 2 is 1.95 bits per heavy atom. The fourth-order valence-electron chi connectivity index (χ4n) is 1.87. The number of benzene rings is 2. The van der Waals surface area contributed by atoms with Crippen LogP contribution >= 0.6 is 0 Å². The second-order valence-corrected chi connectivity index (χ2v) is 4.53. The van der Waals surface area contributed by atoms with E-state index >= 15 is 0 Å². The van der Waals surface area contributed by atoms with Crippen LogP contribution < -0.4 is 20.7 Å². The molecule has 0 aromatic heterocycles. The lowest BCUT2D eigenvalue weighted by Crippen LogP contribution is -2.27. The van der Waals surface area contributed by atoms with E-state index in [-0.39, 0.29) is 5.91 Å². The van der Waals surface area contributed by atoms with Crippen LogP contribution in [0.4, 0.5) is 0 Å². The summed E-state index contributed by atoms with van der Waals surface area (Å²) in [7, 11) is 1.59. The van der Waals surface area contributed by atoms with Gasteiger partial charge in [0.1, 0.15) is 6.61 Å². The molecule has 2 rings (SSSR count). The molecular weight excluding hydrogens is 280 g/mol. The molecule has 5 heteroatoms. The van der Waals surface area contributed by atoms with Crippen molar-refractivity contribution >= 4 is 12.0 Å². The monoisotopic (exact) mass is 298 g/mol. The first-order valence-corrected chi connectivity index (χ1v) is 6.76. The Bertz CT molecular complexity index is 654. The molecule has 0 atom stereocenters. The number of methoxy groups -OCH3 is 1. The van der Waals surface area contributed by atoms with Gasteiger partial charge in [-0.2, -0.15) is 0 Å². The van der Waals surface area contributed by atoms with E-state index in [2.05, 4.69) is 0 Å². The third-order valence-corrected chi connectivity index (χ3v) is 2.99. The molecule has 0 radical (unpaired) electrons. The highest BCUT2D eigenvalue weighted by molar-refractivity contribution is 5.91. The van der Waals surface area contributed by atoms with Crippen LogP contribution in [-0.2, 0) is 11.4 Å². The summed E-state index contributed by atoms with van der Waals surface area (Å²) in [5.74, 6) is 5.90. The zero-order valence-corrected chi connectivity index (χ0v) is 12.3. The van der Waals surface area contributed by atoms with Crippen LogP contribution in [-0.4, -0.2) is 13.0 Å². The van der Waals surface area contributed by atoms with E-state index in [1.54, 1.807) is 19.3 Å². The molecule has 0 saturated heterocycles. The molecule has 114 valence electrons. The first kappa shape index (κ1) is 15.6. The molecule has 5 nitrogen and oxygen atoms in total. The maximum absolute atomic E-state index is 11.1. The van der Waals surface area contributed by atoms with Gasteiger partial charge in [-0.15, -0.1) is 0 Å². The number of nitrogens with one attached hydrogen (secondary N) is 1. The minimum Gasteiger partial charge on any atom is -0.493 e. The van der Waals surface area contributed by atoms with Crippen molar-refractivity contribution in [2.45, 2.75) is 6.61 Å². The van der Waals surface area contributed by atoms with Crippen LogP contribution in [0.3, 0.4) is 0 Å². The van der Waals surface area contributed by atoms with Gasteiger partial charge in [0.05, 0.1) is 7.11 Å². The highest BCUT2D eigenvalue weighted by atomic mass is 16.5. The first-order valence-electron chi connectivity index (χ1n) is 6.76. The van der Waals surface area contributed by atoms with Crippen molar-refractivity contribution in [2.24, 2.45) is 5.84 Å². The van der Waals surface area contributed by atoms with Gasteiger partial charge in [-0.1, -0.05) is 36.4 Å². The first-order chi connectivity index (χ1) is 10.7. The summed E-state index contributed by atoms with van der Waals surface area (Å²) in [5, 5.41) is 0. The Hall–Kier alpha value is -2.79. The number of hydrogen-bond donors (Lipinski definition) is 2. The van der Waals surface area contributed by atoms with Crippen LogP contribution in [0.1, 0.15) is 11.1 Å². The van der Waals surface area contributed by atoms with Crippen molar-refractivity contribution in [3.63, 3.8) is 0 Å². The van der Waals surface area contributed by atoms with Crippen LogP contribution in [0.2, 0.25) is 0 Å². The van der Waals surface area contributed by atoms with E-state index in [0.29, 0.717) is 18.1 Å². The minimum absolute atomic E-state index is 0.373. The van der Waals surface area contributed by atoms with Crippen LogP contribution in [0.5, 0.6) is 11.5 Å². The molecule has 0 bridgehead atoms. The lowest BCUT2D eigenvalue weighted by Gasteiger charge is -2.11. The highest BCUT2D eigenvalue weighted by Gasteiger charge is 2.05. The van der Waals surface area contributed by atoms with Crippen molar-refractivity contribution in [2.75, 3.05) is 7.11 Å². The zero-order valence-electron chi connectivity index (χ0n) is 12.3. The molecule has 0 aliphatic heterocycles. The molecular formula is C17H18N2O3. The van der Waals surface area contributed by atoms with Gasteiger partial charge in [0.15, 0.2) is 11.5 Å². The largest absolute Gasteiger partial charge is 0.493 e. The Morgan fingerprint density at radius 1 is 1.18 bits per heavy atom. The lowest BCUT2D eigenvalue weighted by molar-refractivity contribution is -0.116. The molecule has 0 spiro atoms. The maximum atomic E-state index is 11.1. The Labute approximate surface area is 129 Å². The molecule has 0 aliphatic carbocycles. The van der Waals surface area contributed by atoms with Gasteiger partial charge in [-0.25, -0.2) is 5.84 Å². The molecule has 0 unspecified atom stereocenters. The predicted octanol–water partition coefficient (Wildman–Crippen LogP) is 2.28. The zero-order chi connectivity index (χ0) is 15.8. The number of amides is 1. The van der Waals surface area contributed by atoms with Gasteiger partial charge < -0.3 is 9.47 Å². The Kier molecular flexibility index (Phi) is 5.57. The van der Waals surface area contributed by atoms with E-state index in [4.69, 9.17) is 15.3 Å². The average Bonchev–Trinajstić information content (AvgIpc) is 2.58. The number of carbonyl (C=O) groups is 1. The molecule has 0 saturated carbocycles. The summed E-state index contributed by atoms with van der Waals surface area (Å²) in [6.07, 6.45) is 3.00. The second-order valence-electron chi connectivity index (χ2n) is 4.53. The highest BCUT2D eigenvalue weighted by Crippen LogP contribution is 2.29. The Balaban J connectivity index is 2.14. The number of hydrazine groups is 1. The minimum atomic E-state index is -0.373. The maximum Gasteiger partial charge on any atom is 0.257 e. The average molecular weight is 298 g/mol. The van der Waals surface area contributed by atoms with Crippen molar-refractivity contribution < 1.29 is 14.3 Å². The second kappa shape index (κ2) is 7.85. The summed E-state index contributed by atoms with van der Waals surface area (Å²) in [4.78, 5) is 11.1. The normalized spacial score (nSPS) is 10.5.